The number of sulfone groups is 1. The minimum absolute atomic E-state index is 0.0205. The van der Waals surface area contributed by atoms with Crippen molar-refractivity contribution in [3.8, 4) is 11.5 Å². The van der Waals surface area contributed by atoms with Gasteiger partial charge < -0.3 is 9.73 Å². The zero-order valence-electron chi connectivity index (χ0n) is 15.8. The summed E-state index contributed by atoms with van der Waals surface area (Å²) >= 11 is 0. The Morgan fingerprint density at radius 1 is 0.839 bits per heavy atom. The summed E-state index contributed by atoms with van der Waals surface area (Å²) in [5, 5.41) is 2.35. The molecule has 0 amide bonds. The highest BCUT2D eigenvalue weighted by molar-refractivity contribution is 7.91. The Kier molecular flexibility index (Phi) is 5.51. The molecule has 4 aromatic rings. The van der Waals surface area contributed by atoms with Crippen LogP contribution in [-0.2, 0) is 16.4 Å². The standard InChI is InChI=1S/C22H15F3N2O3S/c23-15-7-5-14(6-8-15)13-26-21-22(31(28,29)17-11-9-16(24)10-12-17)27-20(30-21)18-3-1-2-4-19(18)25/h1-12,26H,13H2. The van der Waals surface area contributed by atoms with Crippen LogP contribution < -0.4 is 5.32 Å². The molecule has 1 N–H and O–H groups in total. The van der Waals surface area contributed by atoms with Gasteiger partial charge in [-0.05, 0) is 54.1 Å². The molecule has 0 unspecified atom stereocenters. The lowest BCUT2D eigenvalue weighted by molar-refractivity contribution is 0.567. The number of oxazole rings is 1. The Labute approximate surface area is 176 Å². The van der Waals surface area contributed by atoms with Gasteiger partial charge in [-0.2, -0.15) is 4.98 Å². The van der Waals surface area contributed by atoms with Gasteiger partial charge in [0.1, 0.15) is 17.5 Å². The van der Waals surface area contributed by atoms with Crippen LogP contribution in [-0.4, -0.2) is 13.4 Å². The van der Waals surface area contributed by atoms with Crippen molar-refractivity contribution in [2.45, 2.75) is 16.5 Å². The van der Waals surface area contributed by atoms with Crippen LogP contribution in [0.1, 0.15) is 5.56 Å². The average molecular weight is 444 g/mol. The molecule has 1 heterocycles. The second-order valence-electron chi connectivity index (χ2n) is 6.57. The SMILES string of the molecule is O=S(=O)(c1ccc(F)cc1)c1nc(-c2ccccc2F)oc1NCc1ccc(F)cc1. The molecular formula is C22H15F3N2O3S. The molecule has 158 valence electrons. The Bertz CT molecular complexity index is 1320. The van der Waals surface area contributed by atoms with Gasteiger partial charge in [0.05, 0.1) is 10.5 Å². The summed E-state index contributed by atoms with van der Waals surface area (Å²) in [4.78, 5) is 3.83. The molecule has 0 spiro atoms. The maximum Gasteiger partial charge on any atom is 0.234 e. The van der Waals surface area contributed by atoms with Gasteiger partial charge in [-0.25, -0.2) is 21.6 Å². The van der Waals surface area contributed by atoms with Gasteiger partial charge in [0, 0.05) is 6.54 Å². The van der Waals surface area contributed by atoms with Crippen LogP contribution in [0.25, 0.3) is 11.5 Å². The molecule has 1 aromatic heterocycles. The monoisotopic (exact) mass is 444 g/mol. The predicted octanol–water partition coefficient (Wildman–Crippen LogP) is 5.20. The van der Waals surface area contributed by atoms with Gasteiger partial charge in [0.25, 0.3) is 0 Å². The highest BCUT2D eigenvalue weighted by Crippen LogP contribution is 2.33. The van der Waals surface area contributed by atoms with E-state index >= 15 is 0 Å². The molecule has 0 saturated heterocycles. The second-order valence-corrected chi connectivity index (χ2v) is 8.44. The molecule has 4 rings (SSSR count). The Balaban J connectivity index is 1.77. The minimum atomic E-state index is -4.21. The number of anilines is 1. The lowest BCUT2D eigenvalue weighted by atomic mass is 10.2. The quantitative estimate of drug-likeness (QED) is 0.414. The van der Waals surface area contributed by atoms with E-state index in [0.717, 1.165) is 24.3 Å². The fourth-order valence-corrected chi connectivity index (χ4v) is 4.14. The Hall–Kier alpha value is -3.59. The van der Waals surface area contributed by atoms with Crippen molar-refractivity contribution in [3.05, 3.63) is 95.8 Å². The molecule has 0 aliphatic heterocycles. The first-order valence-electron chi connectivity index (χ1n) is 9.09. The van der Waals surface area contributed by atoms with Crippen molar-refractivity contribution in [2.24, 2.45) is 0 Å². The van der Waals surface area contributed by atoms with Crippen LogP contribution >= 0.6 is 0 Å². The number of nitrogens with one attached hydrogen (secondary N) is 1. The van der Waals surface area contributed by atoms with Gasteiger partial charge in [0.2, 0.25) is 26.6 Å². The van der Waals surface area contributed by atoms with E-state index in [1.54, 1.807) is 6.07 Å². The number of nitrogens with zero attached hydrogens (tertiary/aromatic N) is 1. The van der Waals surface area contributed by atoms with E-state index < -0.39 is 32.3 Å². The molecule has 9 heteroatoms. The van der Waals surface area contributed by atoms with Gasteiger partial charge in [-0.1, -0.05) is 24.3 Å². The molecule has 0 aliphatic rings. The molecule has 5 nitrogen and oxygen atoms in total. The topological polar surface area (TPSA) is 72.2 Å². The highest BCUT2D eigenvalue weighted by Gasteiger charge is 2.29. The molecule has 0 aliphatic carbocycles. The molecule has 0 atom stereocenters. The summed E-state index contributed by atoms with van der Waals surface area (Å²) in [6, 6.07) is 15.4. The van der Waals surface area contributed by atoms with E-state index in [4.69, 9.17) is 4.42 Å². The van der Waals surface area contributed by atoms with E-state index in [-0.39, 0.29) is 28.8 Å². The number of halogens is 3. The van der Waals surface area contributed by atoms with Crippen molar-refractivity contribution in [3.63, 3.8) is 0 Å². The number of aromatic nitrogens is 1. The minimum Gasteiger partial charge on any atom is -0.419 e. The van der Waals surface area contributed by atoms with Crippen molar-refractivity contribution in [1.82, 2.24) is 4.98 Å². The lowest BCUT2D eigenvalue weighted by Gasteiger charge is -2.06. The van der Waals surface area contributed by atoms with E-state index in [0.29, 0.717) is 5.56 Å². The maximum absolute atomic E-state index is 14.2. The van der Waals surface area contributed by atoms with Crippen LogP contribution in [0.4, 0.5) is 19.1 Å². The van der Waals surface area contributed by atoms with Crippen LogP contribution in [0.2, 0.25) is 0 Å². The predicted molar refractivity (Wildman–Crippen MR) is 107 cm³/mol. The molecule has 31 heavy (non-hydrogen) atoms. The van der Waals surface area contributed by atoms with Gasteiger partial charge in [0.15, 0.2) is 0 Å². The maximum atomic E-state index is 14.2. The summed E-state index contributed by atoms with van der Waals surface area (Å²) in [6.45, 7) is 0.0954. The molecule has 0 radical (unpaired) electrons. The number of rotatable bonds is 6. The van der Waals surface area contributed by atoms with E-state index in [2.05, 4.69) is 10.3 Å². The molecule has 3 aromatic carbocycles. The van der Waals surface area contributed by atoms with E-state index in [1.165, 1.54) is 42.5 Å². The van der Waals surface area contributed by atoms with Crippen molar-refractivity contribution >= 4 is 15.7 Å². The molecule has 0 saturated carbocycles. The zero-order chi connectivity index (χ0) is 22.0. The van der Waals surface area contributed by atoms with Crippen LogP contribution in [0.5, 0.6) is 0 Å². The lowest BCUT2D eigenvalue weighted by Crippen LogP contribution is -2.07. The van der Waals surface area contributed by atoms with Crippen molar-refractivity contribution in [2.75, 3.05) is 5.32 Å². The largest absolute Gasteiger partial charge is 0.419 e. The molecule has 0 fully saturated rings. The summed E-state index contributed by atoms with van der Waals surface area (Å²) < 4.78 is 72.4. The van der Waals surface area contributed by atoms with Crippen molar-refractivity contribution < 1.29 is 26.0 Å². The third-order valence-corrected chi connectivity index (χ3v) is 6.12. The Morgan fingerprint density at radius 3 is 2.10 bits per heavy atom. The normalized spacial score (nSPS) is 11.5. The van der Waals surface area contributed by atoms with Gasteiger partial charge in [-0.15, -0.1) is 0 Å². The van der Waals surface area contributed by atoms with Crippen LogP contribution in [0.3, 0.4) is 0 Å². The fourth-order valence-electron chi connectivity index (χ4n) is 2.86. The smallest absolute Gasteiger partial charge is 0.234 e. The first-order chi connectivity index (χ1) is 14.8. The van der Waals surface area contributed by atoms with Crippen LogP contribution in [0.15, 0.2) is 87.1 Å². The van der Waals surface area contributed by atoms with E-state index in [9.17, 15) is 21.6 Å². The second kappa shape index (κ2) is 8.27. The first kappa shape index (κ1) is 20.7. The van der Waals surface area contributed by atoms with Crippen molar-refractivity contribution in [1.29, 1.82) is 0 Å². The summed E-state index contributed by atoms with van der Waals surface area (Å²) in [7, 11) is -4.21. The van der Waals surface area contributed by atoms with Gasteiger partial charge >= 0.3 is 0 Å². The molecular weight excluding hydrogens is 429 g/mol. The average Bonchev–Trinajstić information content (AvgIpc) is 3.19. The third kappa shape index (κ3) is 4.31. The highest BCUT2D eigenvalue weighted by atomic mass is 32.2. The number of hydrogen-bond acceptors (Lipinski definition) is 5. The fraction of sp³-hybridized carbons (Fsp3) is 0.0455. The first-order valence-corrected chi connectivity index (χ1v) is 10.6. The van der Waals surface area contributed by atoms with Crippen LogP contribution in [0, 0.1) is 17.5 Å². The summed E-state index contributed by atoms with van der Waals surface area (Å²) in [6.07, 6.45) is 0. The van der Waals surface area contributed by atoms with Gasteiger partial charge in [-0.3, -0.25) is 0 Å². The van der Waals surface area contributed by atoms with E-state index in [1.807, 2.05) is 0 Å². The summed E-state index contributed by atoms with van der Waals surface area (Å²) in [5.74, 6) is -2.10. The Morgan fingerprint density at radius 2 is 1.45 bits per heavy atom. The number of hydrogen-bond donors (Lipinski definition) is 1. The summed E-state index contributed by atoms with van der Waals surface area (Å²) in [5.41, 5.74) is 0.628. The zero-order valence-corrected chi connectivity index (χ0v) is 16.7. The molecule has 0 bridgehead atoms. The third-order valence-electron chi connectivity index (χ3n) is 4.45. The number of benzene rings is 3.